The standard InChI is InChI=1S/C9H10BrN3/c10-7-3-6-4-8(1-2-11)13-9(6)12-5-7/h3-5H,1-2,11H2,(H,12,13). The molecule has 0 spiro atoms. The second-order valence-corrected chi connectivity index (χ2v) is 3.84. The number of fused-ring (bicyclic) bond motifs is 1. The molecule has 0 bridgehead atoms. The Morgan fingerprint density at radius 1 is 1.46 bits per heavy atom. The Hall–Kier alpha value is -0.870. The van der Waals surface area contributed by atoms with Crippen molar-refractivity contribution in [2.45, 2.75) is 6.42 Å². The Kier molecular flexibility index (Phi) is 2.33. The van der Waals surface area contributed by atoms with E-state index in [9.17, 15) is 0 Å². The Bertz CT molecular complexity index is 422. The van der Waals surface area contributed by atoms with E-state index in [-0.39, 0.29) is 0 Å². The number of hydrogen-bond donors (Lipinski definition) is 2. The summed E-state index contributed by atoms with van der Waals surface area (Å²) in [5.74, 6) is 0. The summed E-state index contributed by atoms with van der Waals surface area (Å²) in [6.45, 7) is 0.661. The molecule has 2 heterocycles. The molecule has 3 N–H and O–H groups in total. The number of aromatic nitrogens is 2. The summed E-state index contributed by atoms with van der Waals surface area (Å²) in [7, 11) is 0. The normalized spacial score (nSPS) is 10.9. The molecule has 2 aromatic heterocycles. The van der Waals surface area contributed by atoms with Crippen LogP contribution < -0.4 is 5.73 Å². The van der Waals surface area contributed by atoms with Crippen LogP contribution in [0.4, 0.5) is 0 Å². The van der Waals surface area contributed by atoms with Crippen LogP contribution in [0, 0.1) is 0 Å². The van der Waals surface area contributed by atoms with Gasteiger partial charge in [0.15, 0.2) is 0 Å². The van der Waals surface area contributed by atoms with Crippen LogP contribution in [0.3, 0.4) is 0 Å². The zero-order chi connectivity index (χ0) is 9.26. The predicted molar refractivity (Wildman–Crippen MR) is 56.6 cm³/mol. The third-order valence-electron chi connectivity index (χ3n) is 1.91. The highest BCUT2D eigenvalue weighted by atomic mass is 79.9. The van der Waals surface area contributed by atoms with Gasteiger partial charge in [0.25, 0.3) is 0 Å². The van der Waals surface area contributed by atoms with E-state index in [2.05, 4.69) is 32.0 Å². The van der Waals surface area contributed by atoms with Crippen LogP contribution >= 0.6 is 15.9 Å². The number of nitrogens with two attached hydrogens (primary N) is 1. The highest BCUT2D eigenvalue weighted by molar-refractivity contribution is 9.10. The van der Waals surface area contributed by atoms with Crippen molar-refractivity contribution < 1.29 is 0 Å². The average Bonchev–Trinajstić information content (AvgIpc) is 2.46. The van der Waals surface area contributed by atoms with E-state index in [0.717, 1.165) is 27.6 Å². The van der Waals surface area contributed by atoms with Crippen molar-refractivity contribution in [3.63, 3.8) is 0 Å². The summed E-state index contributed by atoms with van der Waals surface area (Å²) >= 11 is 3.38. The summed E-state index contributed by atoms with van der Waals surface area (Å²) in [5, 5.41) is 1.12. The van der Waals surface area contributed by atoms with Gasteiger partial charge >= 0.3 is 0 Å². The van der Waals surface area contributed by atoms with E-state index in [4.69, 9.17) is 5.73 Å². The first kappa shape index (κ1) is 8.72. The third kappa shape index (κ3) is 1.73. The lowest BCUT2D eigenvalue weighted by atomic mass is 10.3. The molecule has 0 aliphatic heterocycles. The molecule has 0 saturated carbocycles. The summed E-state index contributed by atoms with van der Waals surface area (Å²) in [4.78, 5) is 7.45. The number of nitrogens with zero attached hydrogens (tertiary/aromatic N) is 1. The average molecular weight is 240 g/mol. The lowest BCUT2D eigenvalue weighted by Crippen LogP contribution is -2.02. The van der Waals surface area contributed by atoms with E-state index in [0.29, 0.717) is 6.54 Å². The van der Waals surface area contributed by atoms with E-state index in [1.165, 1.54) is 0 Å². The topological polar surface area (TPSA) is 54.7 Å². The minimum Gasteiger partial charge on any atom is -0.343 e. The van der Waals surface area contributed by atoms with Gasteiger partial charge in [-0.25, -0.2) is 4.98 Å². The van der Waals surface area contributed by atoms with Crippen molar-refractivity contribution in [3.8, 4) is 0 Å². The predicted octanol–water partition coefficient (Wildman–Crippen LogP) is 1.83. The maximum atomic E-state index is 5.46. The number of halogens is 1. The number of hydrogen-bond acceptors (Lipinski definition) is 2. The molecule has 2 rings (SSSR count). The van der Waals surface area contributed by atoms with Crippen LogP contribution in [0.5, 0.6) is 0 Å². The van der Waals surface area contributed by atoms with Gasteiger partial charge in [-0.3, -0.25) is 0 Å². The molecule has 0 aliphatic rings. The molecule has 13 heavy (non-hydrogen) atoms. The molecular weight excluding hydrogens is 230 g/mol. The summed E-state index contributed by atoms with van der Waals surface area (Å²) in [6.07, 6.45) is 2.65. The lowest BCUT2D eigenvalue weighted by molar-refractivity contribution is 0.938. The summed E-state index contributed by atoms with van der Waals surface area (Å²) < 4.78 is 0.998. The molecule has 0 amide bonds. The largest absolute Gasteiger partial charge is 0.343 e. The van der Waals surface area contributed by atoms with Crippen LogP contribution in [-0.4, -0.2) is 16.5 Å². The quantitative estimate of drug-likeness (QED) is 0.841. The molecule has 2 aromatic rings. The molecule has 0 aliphatic carbocycles. The Labute approximate surface area is 84.5 Å². The van der Waals surface area contributed by atoms with Crippen molar-refractivity contribution in [1.82, 2.24) is 9.97 Å². The number of pyridine rings is 1. The fourth-order valence-electron chi connectivity index (χ4n) is 1.34. The summed E-state index contributed by atoms with van der Waals surface area (Å²) in [5.41, 5.74) is 7.53. The molecule has 0 saturated heterocycles. The van der Waals surface area contributed by atoms with Crippen molar-refractivity contribution in [2.24, 2.45) is 5.73 Å². The van der Waals surface area contributed by atoms with Crippen molar-refractivity contribution in [1.29, 1.82) is 0 Å². The van der Waals surface area contributed by atoms with Gasteiger partial charge in [0.05, 0.1) is 0 Å². The number of nitrogens with one attached hydrogen (secondary N) is 1. The molecule has 0 aromatic carbocycles. The number of rotatable bonds is 2. The lowest BCUT2D eigenvalue weighted by Gasteiger charge is -1.89. The van der Waals surface area contributed by atoms with Gasteiger partial charge in [-0.15, -0.1) is 0 Å². The van der Waals surface area contributed by atoms with Crippen LogP contribution in [0.1, 0.15) is 5.69 Å². The Morgan fingerprint density at radius 2 is 2.31 bits per heavy atom. The van der Waals surface area contributed by atoms with Crippen molar-refractivity contribution in [3.05, 3.63) is 28.5 Å². The Balaban J connectivity index is 2.49. The van der Waals surface area contributed by atoms with E-state index in [1.807, 2.05) is 6.07 Å². The van der Waals surface area contributed by atoms with Gasteiger partial charge in [-0.1, -0.05) is 0 Å². The van der Waals surface area contributed by atoms with Gasteiger partial charge in [0, 0.05) is 21.7 Å². The van der Waals surface area contributed by atoms with Gasteiger partial charge < -0.3 is 10.7 Å². The van der Waals surface area contributed by atoms with Gasteiger partial charge in [-0.2, -0.15) is 0 Å². The molecule has 0 fully saturated rings. The fourth-order valence-corrected chi connectivity index (χ4v) is 1.68. The maximum Gasteiger partial charge on any atom is 0.137 e. The van der Waals surface area contributed by atoms with E-state index >= 15 is 0 Å². The van der Waals surface area contributed by atoms with Crippen LogP contribution in [0.2, 0.25) is 0 Å². The Morgan fingerprint density at radius 3 is 3.08 bits per heavy atom. The first-order valence-electron chi connectivity index (χ1n) is 4.13. The van der Waals surface area contributed by atoms with Gasteiger partial charge in [-0.05, 0) is 41.0 Å². The van der Waals surface area contributed by atoms with Crippen LogP contribution in [0.15, 0.2) is 22.8 Å². The molecule has 3 nitrogen and oxygen atoms in total. The third-order valence-corrected chi connectivity index (χ3v) is 2.34. The fraction of sp³-hybridized carbons (Fsp3) is 0.222. The smallest absolute Gasteiger partial charge is 0.137 e. The molecule has 0 radical (unpaired) electrons. The SMILES string of the molecule is NCCc1cc2cc(Br)cnc2[nH]1. The first-order valence-corrected chi connectivity index (χ1v) is 4.92. The second kappa shape index (κ2) is 3.47. The molecular formula is C9H10BrN3. The molecule has 4 heteroatoms. The second-order valence-electron chi connectivity index (χ2n) is 2.92. The van der Waals surface area contributed by atoms with Crippen molar-refractivity contribution >= 4 is 27.0 Å². The van der Waals surface area contributed by atoms with Crippen LogP contribution in [0.25, 0.3) is 11.0 Å². The monoisotopic (exact) mass is 239 g/mol. The van der Waals surface area contributed by atoms with E-state index in [1.54, 1.807) is 6.20 Å². The van der Waals surface area contributed by atoms with E-state index < -0.39 is 0 Å². The number of aromatic amines is 1. The van der Waals surface area contributed by atoms with Gasteiger partial charge in [0.1, 0.15) is 5.65 Å². The molecule has 0 atom stereocenters. The van der Waals surface area contributed by atoms with Crippen molar-refractivity contribution in [2.75, 3.05) is 6.54 Å². The minimum absolute atomic E-state index is 0.661. The summed E-state index contributed by atoms with van der Waals surface area (Å²) in [6, 6.07) is 4.12. The minimum atomic E-state index is 0.661. The van der Waals surface area contributed by atoms with Crippen LogP contribution in [-0.2, 0) is 6.42 Å². The zero-order valence-corrected chi connectivity index (χ0v) is 8.63. The van der Waals surface area contributed by atoms with Gasteiger partial charge in [0.2, 0.25) is 0 Å². The molecule has 0 unspecified atom stereocenters. The molecule has 68 valence electrons. The number of H-pyrrole nitrogens is 1. The maximum absolute atomic E-state index is 5.46. The zero-order valence-electron chi connectivity index (χ0n) is 7.05. The highest BCUT2D eigenvalue weighted by Crippen LogP contribution is 2.17. The highest BCUT2D eigenvalue weighted by Gasteiger charge is 2.00. The first-order chi connectivity index (χ1) is 6.29.